The van der Waals surface area contributed by atoms with Gasteiger partial charge in [-0.3, -0.25) is 9.59 Å². The van der Waals surface area contributed by atoms with Gasteiger partial charge in [-0.25, -0.2) is 4.39 Å². The molecule has 2 saturated heterocycles. The van der Waals surface area contributed by atoms with Gasteiger partial charge in [-0.2, -0.15) is 0 Å². The van der Waals surface area contributed by atoms with Gasteiger partial charge in [0.2, 0.25) is 11.8 Å². The van der Waals surface area contributed by atoms with E-state index in [4.69, 9.17) is 0 Å². The second kappa shape index (κ2) is 5.47. The summed E-state index contributed by atoms with van der Waals surface area (Å²) in [5, 5.41) is 0. The van der Waals surface area contributed by atoms with Gasteiger partial charge >= 0.3 is 0 Å². The SMILES string of the molecule is CC1C(=O)N2CCCC2C(=O)N1CCc1cccc(F)c1. The summed E-state index contributed by atoms with van der Waals surface area (Å²) in [6.07, 6.45) is 2.22. The molecule has 4 nitrogen and oxygen atoms in total. The monoisotopic (exact) mass is 290 g/mol. The van der Waals surface area contributed by atoms with Crippen molar-refractivity contribution in [2.45, 2.75) is 38.3 Å². The molecule has 3 rings (SSSR count). The fourth-order valence-electron chi connectivity index (χ4n) is 3.29. The maximum Gasteiger partial charge on any atom is 0.246 e. The molecule has 0 saturated carbocycles. The van der Waals surface area contributed by atoms with Crippen molar-refractivity contribution in [2.24, 2.45) is 0 Å². The minimum atomic E-state index is -0.416. The van der Waals surface area contributed by atoms with Gasteiger partial charge in [0.05, 0.1) is 0 Å². The van der Waals surface area contributed by atoms with Crippen LogP contribution in [0.15, 0.2) is 24.3 Å². The lowest BCUT2D eigenvalue weighted by Crippen LogP contribution is -2.62. The quantitative estimate of drug-likeness (QED) is 0.848. The molecule has 2 aliphatic rings. The van der Waals surface area contributed by atoms with Crippen molar-refractivity contribution in [3.63, 3.8) is 0 Å². The number of piperazine rings is 1. The fourth-order valence-corrected chi connectivity index (χ4v) is 3.29. The smallest absolute Gasteiger partial charge is 0.246 e. The summed E-state index contributed by atoms with van der Waals surface area (Å²) in [6.45, 7) is 2.93. The van der Waals surface area contributed by atoms with E-state index < -0.39 is 6.04 Å². The molecule has 1 aromatic rings. The van der Waals surface area contributed by atoms with E-state index in [0.717, 1.165) is 18.4 Å². The lowest BCUT2D eigenvalue weighted by Gasteiger charge is -2.41. The predicted molar refractivity (Wildman–Crippen MR) is 76.0 cm³/mol. The Kier molecular flexibility index (Phi) is 3.66. The fraction of sp³-hybridized carbons (Fsp3) is 0.500. The van der Waals surface area contributed by atoms with Crippen molar-refractivity contribution in [1.82, 2.24) is 9.80 Å². The summed E-state index contributed by atoms with van der Waals surface area (Å²) in [7, 11) is 0. The highest BCUT2D eigenvalue weighted by atomic mass is 19.1. The molecule has 2 aliphatic heterocycles. The first-order chi connectivity index (χ1) is 10.1. The Hall–Kier alpha value is -1.91. The average Bonchev–Trinajstić information content (AvgIpc) is 2.95. The molecule has 5 heteroatoms. The van der Waals surface area contributed by atoms with Gasteiger partial charge < -0.3 is 9.80 Å². The number of hydrogen-bond acceptors (Lipinski definition) is 2. The zero-order chi connectivity index (χ0) is 15.0. The van der Waals surface area contributed by atoms with Crippen LogP contribution in [0.2, 0.25) is 0 Å². The maximum absolute atomic E-state index is 13.2. The zero-order valence-electron chi connectivity index (χ0n) is 12.1. The van der Waals surface area contributed by atoms with E-state index in [1.165, 1.54) is 12.1 Å². The van der Waals surface area contributed by atoms with Crippen molar-refractivity contribution in [3.8, 4) is 0 Å². The summed E-state index contributed by atoms with van der Waals surface area (Å²) < 4.78 is 13.2. The lowest BCUT2D eigenvalue weighted by molar-refractivity contribution is -0.158. The number of nitrogens with zero attached hydrogens (tertiary/aromatic N) is 2. The van der Waals surface area contributed by atoms with E-state index in [9.17, 15) is 14.0 Å². The molecule has 0 aromatic heterocycles. The van der Waals surface area contributed by atoms with Crippen LogP contribution in [0.3, 0.4) is 0 Å². The normalized spacial score (nSPS) is 25.4. The van der Waals surface area contributed by atoms with Crippen molar-refractivity contribution in [1.29, 1.82) is 0 Å². The number of halogens is 1. The summed E-state index contributed by atoms with van der Waals surface area (Å²) in [6, 6.07) is 5.68. The Balaban J connectivity index is 1.72. The van der Waals surface area contributed by atoms with Gasteiger partial charge in [0, 0.05) is 13.1 Å². The first kappa shape index (κ1) is 14.0. The Morgan fingerprint density at radius 1 is 1.29 bits per heavy atom. The number of rotatable bonds is 3. The third-order valence-electron chi connectivity index (χ3n) is 4.46. The molecule has 2 unspecified atom stereocenters. The largest absolute Gasteiger partial charge is 0.329 e. The summed E-state index contributed by atoms with van der Waals surface area (Å²) >= 11 is 0. The predicted octanol–water partition coefficient (Wildman–Crippen LogP) is 1.59. The van der Waals surface area contributed by atoms with Gasteiger partial charge in [-0.1, -0.05) is 12.1 Å². The second-order valence-electron chi connectivity index (χ2n) is 5.78. The number of hydrogen-bond donors (Lipinski definition) is 0. The van der Waals surface area contributed by atoms with Crippen LogP contribution in [0.25, 0.3) is 0 Å². The molecule has 21 heavy (non-hydrogen) atoms. The van der Waals surface area contributed by atoms with E-state index >= 15 is 0 Å². The highest BCUT2D eigenvalue weighted by Crippen LogP contribution is 2.26. The molecule has 0 aliphatic carbocycles. The van der Waals surface area contributed by atoms with Gasteiger partial charge in [-0.05, 0) is 43.9 Å². The van der Waals surface area contributed by atoms with Crippen LogP contribution in [0.4, 0.5) is 4.39 Å². The Morgan fingerprint density at radius 2 is 2.10 bits per heavy atom. The number of fused-ring (bicyclic) bond motifs is 1. The average molecular weight is 290 g/mol. The molecule has 0 N–H and O–H groups in total. The van der Waals surface area contributed by atoms with Gasteiger partial charge in [0.25, 0.3) is 0 Å². The van der Waals surface area contributed by atoms with E-state index in [1.807, 2.05) is 6.07 Å². The summed E-state index contributed by atoms with van der Waals surface area (Å²) in [4.78, 5) is 28.2. The van der Waals surface area contributed by atoms with E-state index in [1.54, 1.807) is 22.8 Å². The van der Waals surface area contributed by atoms with Crippen LogP contribution in [-0.4, -0.2) is 46.8 Å². The van der Waals surface area contributed by atoms with E-state index in [0.29, 0.717) is 19.5 Å². The van der Waals surface area contributed by atoms with Gasteiger partial charge in [0.15, 0.2) is 0 Å². The van der Waals surface area contributed by atoms with Crippen LogP contribution in [0.5, 0.6) is 0 Å². The lowest BCUT2D eigenvalue weighted by atomic mass is 10.0. The standard InChI is InChI=1S/C16H19FN2O2/c1-11-15(20)19-8-3-6-14(19)16(21)18(11)9-7-12-4-2-5-13(17)10-12/h2,4-5,10-11,14H,3,6-9H2,1H3. The first-order valence-electron chi connectivity index (χ1n) is 7.43. The van der Waals surface area contributed by atoms with Crippen LogP contribution in [0.1, 0.15) is 25.3 Å². The molecule has 112 valence electrons. The van der Waals surface area contributed by atoms with E-state index in [2.05, 4.69) is 0 Å². The molecular weight excluding hydrogens is 271 g/mol. The van der Waals surface area contributed by atoms with Crippen LogP contribution in [-0.2, 0) is 16.0 Å². The Morgan fingerprint density at radius 3 is 2.86 bits per heavy atom. The number of carbonyl (C=O) groups excluding carboxylic acids is 2. The zero-order valence-corrected chi connectivity index (χ0v) is 12.1. The number of benzene rings is 1. The van der Waals surface area contributed by atoms with E-state index in [-0.39, 0.29) is 23.7 Å². The summed E-state index contributed by atoms with van der Waals surface area (Å²) in [5.41, 5.74) is 0.844. The molecule has 0 bridgehead atoms. The second-order valence-corrected chi connectivity index (χ2v) is 5.78. The molecule has 2 fully saturated rings. The number of carbonyl (C=O) groups is 2. The minimum absolute atomic E-state index is 0.0380. The van der Waals surface area contributed by atoms with Crippen LogP contribution >= 0.6 is 0 Å². The van der Waals surface area contributed by atoms with Crippen molar-refractivity contribution in [3.05, 3.63) is 35.6 Å². The molecule has 2 heterocycles. The van der Waals surface area contributed by atoms with Crippen LogP contribution in [0, 0.1) is 5.82 Å². The first-order valence-corrected chi connectivity index (χ1v) is 7.43. The molecule has 0 radical (unpaired) electrons. The van der Waals surface area contributed by atoms with Crippen molar-refractivity contribution < 1.29 is 14.0 Å². The third-order valence-corrected chi connectivity index (χ3v) is 4.46. The Labute approximate surface area is 123 Å². The minimum Gasteiger partial charge on any atom is -0.329 e. The number of amides is 2. The molecule has 2 atom stereocenters. The molecule has 1 aromatic carbocycles. The highest BCUT2D eigenvalue weighted by molar-refractivity contribution is 5.97. The van der Waals surface area contributed by atoms with Crippen molar-refractivity contribution in [2.75, 3.05) is 13.1 Å². The molecule has 0 spiro atoms. The Bertz CT molecular complexity index is 575. The molecular formula is C16H19FN2O2. The third kappa shape index (κ3) is 2.52. The maximum atomic E-state index is 13.2. The van der Waals surface area contributed by atoms with Gasteiger partial charge in [-0.15, -0.1) is 0 Å². The highest BCUT2D eigenvalue weighted by Gasteiger charge is 2.45. The topological polar surface area (TPSA) is 40.6 Å². The van der Waals surface area contributed by atoms with Crippen LogP contribution < -0.4 is 0 Å². The van der Waals surface area contributed by atoms with Gasteiger partial charge in [0.1, 0.15) is 17.9 Å². The van der Waals surface area contributed by atoms with Crippen molar-refractivity contribution >= 4 is 11.8 Å². The summed E-state index contributed by atoms with van der Waals surface area (Å²) in [5.74, 6) is -0.198. The molecule has 2 amide bonds.